The molecule has 0 saturated heterocycles. The number of hydrogen-bond donors (Lipinski definition) is 0. The van der Waals surface area contributed by atoms with Crippen molar-refractivity contribution in [2.45, 2.75) is 26.2 Å². The molecule has 0 aliphatic carbocycles. The van der Waals surface area contributed by atoms with Gasteiger partial charge in [-0.3, -0.25) is 9.97 Å². The first kappa shape index (κ1) is 17.6. The third-order valence-electron chi connectivity index (χ3n) is 5.37. The van der Waals surface area contributed by atoms with Gasteiger partial charge < -0.3 is 4.42 Å². The average molecular weight is 378 g/mol. The Bertz CT molecular complexity index is 1340. The molecule has 2 aromatic carbocycles. The molecule has 0 bridgehead atoms. The molecule has 29 heavy (non-hydrogen) atoms. The highest BCUT2D eigenvalue weighted by molar-refractivity contribution is 5.93. The Hall–Kier alpha value is -3.46. The van der Waals surface area contributed by atoms with Crippen LogP contribution in [0.1, 0.15) is 26.3 Å². The van der Waals surface area contributed by atoms with Crippen LogP contribution in [0.5, 0.6) is 0 Å². The summed E-state index contributed by atoms with van der Waals surface area (Å²) in [6.45, 7) is 6.76. The van der Waals surface area contributed by atoms with E-state index in [4.69, 9.17) is 4.42 Å². The van der Waals surface area contributed by atoms with Gasteiger partial charge in [0.2, 0.25) is 0 Å². The second kappa shape index (κ2) is 6.56. The molecule has 142 valence electrons. The first-order valence-corrected chi connectivity index (χ1v) is 9.83. The Morgan fingerprint density at radius 2 is 1.59 bits per heavy atom. The van der Waals surface area contributed by atoms with Gasteiger partial charge in [0, 0.05) is 28.9 Å². The second-order valence-electron chi connectivity index (χ2n) is 8.42. The predicted molar refractivity (Wildman–Crippen MR) is 119 cm³/mol. The van der Waals surface area contributed by atoms with Crippen LogP contribution in [-0.4, -0.2) is 9.97 Å². The van der Waals surface area contributed by atoms with Crippen molar-refractivity contribution in [1.82, 2.24) is 9.97 Å². The highest BCUT2D eigenvalue weighted by Gasteiger charge is 2.19. The van der Waals surface area contributed by atoms with Crippen molar-refractivity contribution in [1.29, 1.82) is 0 Å². The van der Waals surface area contributed by atoms with Gasteiger partial charge in [0.1, 0.15) is 5.69 Å². The molecule has 0 unspecified atom stereocenters. The largest absolute Gasteiger partial charge is 0.462 e. The van der Waals surface area contributed by atoms with Gasteiger partial charge in [-0.15, -0.1) is 0 Å². The zero-order chi connectivity index (χ0) is 20.0. The van der Waals surface area contributed by atoms with Crippen molar-refractivity contribution < 1.29 is 4.42 Å². The monoisotopic (exact) mass is 378 g/mol. The van der Waals surface area contributed by atoms with Crippen LogP contribution in [0.3, 0.4) is 0 Å². The van der Waals surface area contributed by atoms with E-state index < -0.39 is 0 Å². The molecule has 3 aromatic heterocycles. The van der Waals surface area contributed by atoms with Gasteiger partial charge in [-0.1, -0.05) is 45.0 Å². The van der Waals surface area contributed by atoms with E-state index >= 15 is 0 Å². The molecule has 0 fully saturated rings. The van der Waals surface area contributed by atoms with E-state index in [-0.39, 0.29) is 5.41 Å². The summed E-state index contributed by atoms with van der Waals surface area (Å²) in [7, 11) is 0. The summed E-state index contributed by atoms with van der Waals surface area (Å²) in [5.41, 5.74) is 6.05. The van der Waals surface area contributed by atoms with E-state index in [2.05, 4.69) is 73.2 Å². The topological polar surface area (TPSA) is 38.9 Å². The standard InChI is InChI=1S/C26H22N2O/c1-26(2,3)22-15-20(14-18-6-4-5-7-21(18)22)23-16-19(9-11-27-23)24-25-17(8-12-28-24)10-13-29-25/h4-16H,1-3H3. The maximum absolute atomic E-state index is 5.69. The van der Waals surface area contributed by atoms with Crippen molar-refractivity contribution in [3.05, 3.63) is 84.9 Å². The number of furan rings is 1. The van der Waals surface area contributed by atoms with E-state index in [0.29, 0.717) is 0 Å². The minimum absolute atomic E-state index is 0.0363. The summed E-state index contributed by atoms with van der Waals surface area (Å²) in [5, 5.41) is 3.57. The van der Waals surface area contributed by atoms with Gasteiger partial charge in [-0.2, -0.15) is 0 Å². The fraction of sp³-hybridized carbons (Fsp3) is 0.154. The van der Waals surface area contributed by atoms with Crippen LogP contribution in [0.2, 0.25) is 0 Å². The van der Waals surface area contributed by atoms with Crippen molar-refractivity contribution in [3.63, 3.8) is 0 Å². The van der Waals surface area contributed by atoms with Crippen molar-refractivity contribution in [2.24, 2.45) is 0 Å². The van der Waals surface area contributed by atoms with Crippen molar-refractivity contribution >= 4 is 21.7 Å². The quantitative estimate of drug-likeness (QED) is 0.332. The number of pyridine rings is 2. The first-order valence-electron chi connectivity index (χ1n) is 9.83. The molecule has 0 N–H and O–H groups in total. The van der Waals surface area contributed by atoms with Crippen molar-refractivity contribution in [2.75, 3.05) is 0 Å². The Morgan fingerprint density at radius 3 is 2.45 bits per heavy atom. The smallest absolute Gasteiger partial charge is 0.160 e. The van der Waals surface area contributed by atoms with Crippen LogP contribution in [0.25, 0.3) is 44.3 Å². The summed E-state index contributed by atoms with van der Waals surface area (Å²) in [6.07, 6.45) is 5.37. The molecule has 3 nitrogen and oxygen atoms in total. The van der Waals surface area contributed by atoms with Gasteiger partial charge in [0.05, 0.1) is 12.0 Å². The zero-order valence-corrected chi connectivity index (χ0v) is 16.8. The Balaban J connectivity index is 1.70. The lowest BCUT2D eigenvalue weighted by Gasteiger charge is -2.22. The first-order chi connectivity index (χ1) is 14.0. The summed E-state index contributed by atoms with van der Waals surface area (Å²) in [6, 6.07) is 21.1. The molecule has 5 rings (SSSR count). The van der Waals surface area contributed by atoms with Gasteiger partial charge in [0.15, 0.2) is 5.58 Å². The summed E-state index contributed by atoms with van der Waals surface area (Å²) in [5.74, 6) is 0. The average Bonchev–Trinajstić information content (AvgIpc) is 3.21. The van der Waals surface area contributed by atoms with Gasteiger partial charge in [-0.25, -0.2) is 0 Å². The summed E-state index contributed by atoms with van der Waals surface area (Å²) in [4.78, 5) is 9.24. The minimum atomic E-state index is 0.0363. The lowest BCUT2D eigenvalue weighted by Crippen LogP contribution is -2.12. The normalized spacial score (nSPS) is 12.0. The van der Waals surface area contributed by atoms with Crippen LogP contribution in [0, 0.1) is 0 Å². The fourth-order valence-electron chi connectivity index (χ4n) is 3.91. The van der Waals surface area contributed by atoms with Crippen LogP contribution < -0.4 is 0 Å². The molecule has 0 saturated carbocycles. The molecule has 0 amide bonds. The third-order valence-corrected chi connectivity index (χ3v) is 5.37. The van der Waals surface area contributed by atoms with Gasteiger partial charge in [0.25, 0.3) is 0 Å². The number of nitrogens with zero attached hydrogens (tertiary/aromatic N) is 2. The summed E-state index contributed by atoms with van der Waals surface area (Å²) >= 11 is 0. The van der Waals surface area contributed by atoms with Crippen LogP contribution in [0.4, 0.5) is 0 Å². The maximum atomic E-state index is 5.69. The predicted octanol–water partition coefficient (Wildman–Crippen LogP) is 7.01. The Kier molecular flexibility index (Phi) is 3.99. The highest BCUT2D eigenvalue weighted by atomic mass is 16.3. The number of hydrogen-bond acceptors (Lipinski definition) is 3. The molecule has 0 atom stereocenters. The Morgan fingerprint density at radius 1 is 0.759 bits per heavy atom. The van der Waals surface area contributed by atoms with E-state index in [1.54, 1.807) is 6.26 Å². The lowest BCUT2D eigenvalue weighted by molar-refractivity contribution is 0.596. The van der Waals surface area contributed by atoms with E-state index in [1.165, 1.54) is 16.3 Å². The number of rotatable bonds is 2. The number of aromatic nitrogens is 2. The van der Waals surface area contributed by atoms with Gasteiger partial charge >= 0.3 is 0 Å². The zero-order valence-electron chi connectivity index (χ0n) is 16.8. The molecule has 3 heterocycles. The number of fused-ring (bicyclic) bond motifs is 2. The van der Waals surface area contributed by atoms with E-state index in [1.807, 2.05) is 30.6 Å². The van der Waals surface area contributed by atoms with Crippen LogP contribution in [-0.2, 0) is 5.41 Å². The van der Waals surface area contributed by atoms with Crippen LogP contribution >= 0.6 is 0 Å². The van der Waals surface area contributed by atoms with E-state index in [9.17, 15) is 0 Å². The lowest BCUT2D eigenvalue weighted by atomic mass is 9.82. The fourth-order valence-corrected chi connectivity index (χ4v) is 3.91. The van der Waals surface area contributed by atoms with E-state index in [0.717, 1.165) is 33.5 Å². The SMILES string of the molecule is CC(C)(C)c1cc(-c2cc(-c3nccc4ccoc34)ccn2)cc2ccccc12. The molecule has 0 spiro atoms. The molecule has 5 aromatic rings. The maximum Gasteiger partial charge on any atom is 0.160 e. The van der Waals surface area contributed by atoms with Crippen molar-refractivity contribution in [3.8, 4) is 22.5 Å². The highest BCUT2D eigenvalue weighted by Crippen LogP contribution is 2.35. The number of benzene rings is 2. The molecular weight excluding hydrogens is 356 g/mol. The molecule has 0 radical (unpaired) electrons. The molecule has 3 heteroatoms. The van der Waals surface area contributed by atoms with Gasteiger partial charge in [-0.05, 0) is 58.1 Å². The Labute approximate surface area is 170 Å². The molecule has 0 aliphatic heterocycles. The molecule has 0 aliphatic rings. The second-order valence-corrected chi connectivity index (χ2v) is 8.42. The van der Waals surface area contributed by atoms with Crippen LogP contribution in [0.15, 0.2) is 83.7 Å². The summed E-state index contributed by atoms with van der Waals surface area (Å²) < 4.78 is 5.69. The third kappa shape index (κ3) is 3.09. The molecular formula is C26H22N2O. The minimum Gasteiger partial charge on any atom is -0.462 e.